The van der Waals surface area contributed by atoms with Crippen LogP contribution in [0.15, 0.2) is 73.4 Å². The van der Waals surface area contributed by atoms with Crippen molar-refractivity contribution in [2.75, 3.05) is 0 Å². The van der Waals surface area contributed by atoms with Gasteiger partial charge in [-0.1, -0.05) is 87.9 Å². The van der Waals surface area contributed by atoms with Gasteiger partial charge in [-0.3, -0.25) is 0 Å². The van der Waals surface area contributed by atoms with Crippen molar-refractivity contribution in [1.29, 1.82) is 0 Å². The van der Waals surface area contributed by atoms with E-state index < -0.39 is 0 Å². The van der Waals surface area contributed by atoms with E-state index >= 15 is 0 Å². The summed E-state index contributed by atoms with van der Waals surface area (Å²) in [6.45, 7) is 22.2. The van der Waals surface area contributed by atoms with E-state index in [1.807, 2.05) is 59.8 Å². The standard InChI is InChI=1S/C17H18.C4H8.2C2H6/c1-4-8-15-14-9-6-7-10-16(14)17(15)12(3)11-13(17)5-2;1-3-4-2;2*1-2/h4-7,9-11,13,15H,1-2,8H2,3H3;3-4H,1-2H3;2*1-2H3/b;4-3-;;. The van der Waals surface area contributed by atoms with Crippen molar-refractivity contribution in [3.63, 3.8) is 0 Å². The Morgan fingerprint density at radius 3 is 2.00 bits per heavy atom. The molecule has 3 rings (SSSR count). The first kappa shape index (κ1) is 23.2. The Labute approximate surface area is 157 Å². The lowest BCUT2D eigenvalue weighted by Gasteiger charge is -2.60. The molecule has 0 saturated carbocycles. The molecule has 0 amide bonds. The highest BCUT2D eigenvalue weighted by Gasteiger charge is 2.59. The lowest BCUT2D eigenvalue weighted by molar-refractivity contribution is 0.254. The molecule has 0 aliphatic heterocycles. The third-order valence-corrected chi connectivity index (χ3v) is 4.93. The average molecular weight is 339 g/mol. The summed E-state index contributed by atoms with van der Waals surface area (Å²) in [7, 11) is 0. The van der Waals surface area contributed by atoms with Gasteiger partial charge in [0.15, 0.2) is 0 Å². The number of hydrogen-bond donors (Lipinski definition) is 0. The first-order valence-corrected chi connectivity index (χ1v) is 9.77. The van der Waals surface area contributed by atoms with E-state index in [9.17, 15) is 0 Å². The van der Waals surface area contributed by atoms with Crippen LogP contribution in [0.3, 0.4) is 0 Å². The predicted molar refractivity (Wildman–Crippen MR) is 116 cm³/mol. The molecule has 1 aromatic rings. The summed E-state index contributed by atoms with van der Waals surface area (Å²) in [4.78, 5) is 0. The Hall–Kier alpha value is -1.82. The molecular weight excluding hydrogens is 300 g/mol. The van der Waals surface area contributed by atoms with Crippen LogP contribution >= 0.6 is 0 Å². The van der Waals surface area contributed by atoms with E-state index in [1.54, 1.807) is 0 Å². The molecule has 3 atom stereocenters. The van der Waals surface area contributed by atoms with Gasteiger partial charge in [-0.15, -0.1) is 13.2 Å². The summed E-state index contributed by atoms with van der Waals surface area (Å²) >= 11 is 0. The predicted octanol–water partition coefficient (Wildman–Crippen LogP) is 7.99. The van der Waals surface area contributed by atoms with Crippen molar-refractivity contribution in [3.05, 3.63) is 84.5 Å². The minimum atomic E-state index is 0.243. The van der Waals surface area contributed by atoms with Crippen molar-refractivity contribution < 1.29 is 0 Å². The highest BCUT2D eigenvalue weighted by Crippen LogP contribution is 2.66. The lowest BCUT2D eigenvalue weighted by atomic mass is 9.42. The summed E-state index contributed by atoms with van der Waals surface area (Å²) in [5.74, 6) is 1.10. The zero-order valence-corrected chi connectivity index (χ0v) is 17.5. The minimum Gasteiger partial charge on any atom is -0.103 e. The molecule has 0 radical (unpaired) electrons. The fraction of sp³-hybridized carbons (Fsp3) is 0.440. The molecule has 0 heterocycles. The normalized spacial score (nSPS) is 24.5. The van der Waals surface area contributed by atoms with E-state index in [0.29, 0.717) is 11.8 Å². The Balaban J connectivity index is 0.000000625. The first-order valence-electron chi connectivity index (χ1n) is 9.77. The van der Waals surface area contributed by atoms with Crippen LogP contribution in [-0.2, 0) is 5.41 Å². The molecule has 0 fully saturated rings. The number of fused-ring (bicyclic) bond motifs is 2. The second-order valence-electron chi connectivity index (χ2n) is 5.81. The third kappa shape index (κ3) is 4.06. The molecule has 1 aromatic carbocycles. The Morgan fingerprint density at radius 2 is 1.56 bits per heavy atom. The minimum absolute atomic E-state index is 0.243. The maximum atomic E-state index is 3.99. The van der Waals surface area contributed by atoms with Gasteiger partial charge in [-0.05, 0) is 38.3 Å². The van der Waals surface area contributed by atoms with E-state index in [2.05, 4.69) is 56.5 Å². The highest BCUT2D eigenvalue weighted by atomic mass is 14.6. The van der Waals surface area contributed by atoms with Crippen LogP contribution in [0.25, 0.3) is 0 Å². The number of rotatable bonds is 3. The van der Waals surface area contributed by atoms with E-state index in [1.165, 1.54) is 16.7 Å². The molecule has 0 N–H and O–H groups in total. The Morgan fingerprint density at radius 1 is 1.00 bits per heavy atom. The molecule has 25 heavy (non-hydrogen) atoms. The van der Waals surface area contributed by atoms with Gasteiger partial charge in [0.25, 0.3) is 0 Å². The monoisotopic (exact) mass is 338 g/mol. The summed E-state index contributed by atoms with van der Waals surface area (Å²) in [6.07, 6.45) is 11.6. The number of allylic oxidation sites excluding steroid dienone is 6. The zero-order valence-electron chi connectivity index (χ0n) is 17.5. The van der Waals surface area contributed by atoms with Gasteiger partial charge in [0.05, 0.1) is 0 Å². The molecule has 3 unspecified atom stereocenters. The molecule has 0 heteroatoms. The smallest absolute Gasteiger partial charge is 0.0330 e. The van der Waals surface area contributed by atoms with E-state index in [4.69, 9.17) is 0 Å². The van der Waals surface area contributed by atoms with E-state index in [-0.39, 0.29) is 5.41 Å². The van der Waals surface area contributed by atoms with E-state index in [0.717, 1.165) is 6.42 Å². The quantitative estimate of drug-likeness (QED) is 0.490. The zero-order chi connectivity index (χ0) is 19.5. The van der Waals surface area contributed by atoms with Gasteiger partial charge >= 0.3 is 0 Å². The molecule has 0 bridgehead atoms. The molecule has 1 spiro atoms. The van der Waals surface area contributed by atoms with Crippen molar-refractivity contribution >= 4 is 0 Å². The summed E-state index contributed by atoms with van der Waals surface area (Å²) in [5, 5.41) is 0. The second kappa shape index (κ2) is 11.7. The Bertz CT molecular complexity index is 584. The topological polar surface area (TPSA) is 0 Å². The summed E-state index contributed by atoms with van der Waals surface area (Å²) in [5.41, 5.74) is 4.77. The van der Waals surface area contributed by atoms with Crippen LogP contribution in [0.1, 0.15) is 71.9 Å². The lowest BCUT2D eigenvalue weighted by Crippen LogP contribution is -2.54. The largest absolute Gasteiger partial charge is 0.103 e. The van der Waals surface area contributed by atoms with Crippen molar-refractivity contribution in [3.8, 4) is 0 Å². The van der Waals surface area contributed by atoms with Crippen LogP contribution < -0.4 is 0 Å². The molecule has 0 saturated heterocycles. The van der Waals surface area contributed by atoms with Crippen molar-refractivity contribution in [2.45, 2.75) is 66.2 Å². The Kier molecular flexibility index (Phi) is 10.8. The van der Waals surface area contributed by atoms with Gasteiger partial charge in [0, 0.05) is 17.3 Å². The molecule has 0 nitrogen and oxygen atoms in total. The van der Waals surface area contributed by atoms with Gasteiger partial charge in [-0.25, -0.2) is 0 Å². The first-order chi connectivity index (χ1) is 12.2. The van der Waals surface area contributed by atoms with Gasteiger partial charge in [0.2, 0.25) is 0 Å². The summed E-state index contributed by atoms with van der Waals surface area (Å²) in [6, 6.07) is 8.83. The van der Waals surface area contributed by atoms with Crippen LogP contribution in [-0.4, -0.2) is 0 Å². The maximum absolute atomic E-state index is 3.99. The van der Waals surface area contributed by atoms with Gasteiger partial charge in [0.1, 0.15) is 0 Å². The van der Waals surface area contributed by atoms with Crippen LogP contribution in [0.4, 0.5) is 0 Å². The SMILES string of the molecule is C/C=C\C.C=CCC1c2ccccc2C12C(C)=CC2C=C.CC.CC. The van der Waals surface area contributed by atoms with Gasteiger partial charge < -0.3 is 0 Å². The fourth-order valence-corrected chi connectivity index (χ4v) is 3.87. The fourth-order valence-electron chi connectivity index (χ4n) is 3.87. The number of hydrogen-bond acceptors (Lipinski definition) is 0. The second-order valence-corrected chi connectivity index (χ2v) is 5.81. The number of benzene rings is 1. The molecule has 138 valence electrons. The summed E-state index contributed by atoms with van der Waals surface area (Å²) < 4.78 is 0. The van der Waals surface area contributed by atoms with Crippen molar-refractivity contribution in [2.24, 2.45) is 5.92 Å². The molecule has 0 aromatic heterocycles. The molecular formula is C25H38. The van der Waals surface area contributed by atoms with Crippen molar-refractivity contribution in [1.82, 2.24) is 0 Å². The van der Waals surface area contributed by atoms with Crippen LogP contribution in [0.2, 0.25) is 0 Å². The van der Waals surface area contributed by atoms with Crippen LogP contribution in [0.5, 0.6) is 0 Å². The average Bonchev–Trinajstić information content (AvgIpc) is 2.67. The molecule has 2 aliphatic carbocycles. The molecule has 2 aliphatic rings. The maximum Gasteiger partial charge on any atom is 0.0330 e. The third-order valence-electron chi connectivity index (χ3n) is 4.93. The highest BCUT2D eigenvalue weighted by molar-refractivity contribution is 5.63. The van der Waals surface area contributed by atoms with Gasteiger partial charge in [-0.2, -0.15) is 0 Å². The van der Waals surface area contributed by atoms with Crippen LogP contribution in [0, 0.1) is 5.92 Å².